The topological polar surface area (TPSA) is 102 Å². The van der Waals surface area contributed by atoms with Crippen LogP contribution >= 0.6 is 0 Å². The van der Waals surface area contributed by atoms with Crippen LogP contribution in [0.3, 0.4) is 0 Å². The van der Waals surface area contributed by atoms with Crippen molar-refractivity contribution in [2.24, 2.45) is 5.92 Å². The maximum absolute atomic E-state index is 12.8. The van der Waals surface area contributed by atoms with Gasteiger partial charge in [0.2, 0.25) is 0 Å². The number of aromatic nitrogens is 2. The van der Waals surface area contributed by atoms with E-state index in [2.05, 4.69) is 41.4 Å². The van der Waals surface area contributed by atoms with Gasteiger partial charge in [0.1, 0.15) is 22.9 Å². The summed E-state index contributed by atoms with van der Waals surface area (Å²) in [7, 11) is 0. The SMILES string of the molecule is CCC(=O)c1ccc(OCCCCNC(C)CCC(C)C(=O)c2ccc(OCCCNC(C)C)cn2)cn1. The summed E-state index contributed by atoms with van der Waals surface area (Å²) in [4.78, 5) is 32.9. The number of pyridine rings is 2. The van der Waals surface area contributed by atoms with Crippen molar-refractivity contribution in [3.63, 3.8) is 0 Å². The first-order valence-electron chi connectivity index (χ1n) is 14.0. The Bertz CT molecular complexity index is 948. The molecule has 2 N–H and O–H groups in total. The van der Waals surface area contributed by atoms with E-state index >= 15 is 0 Å². The summed E-state index contributed by atoms with van der Waals surface area (Å²) in [5.41, 5.74) is 0.975. The van der Waals surface area contributed by atoms with Crippen molar-refractivity contribution in [1.29, 1.82) is 0 Å². The molecule has 0 saturated carbocycles. The molecule has 0 saturated heterocycles. The fourth-order valence-electron chi connectivity index (χ4n) is 3.83. The summed E-state index contributed by atoms with van der Waals surface area (Å²) in [6, 6.07) is 7.90. The Morgan fingerprint density at radius 1 is 0.789 bits per heavy atom. The van der Waals surface area contributed by atoms with Crippen LogP contribution in [0.15, 0.2) is 36.7 Å². The monoisotopic (exact) mass is 526 g/mol. The van der Waals surface area contributed by atoms with Crippen molar-refractivity contribution in [3.8, 4) is 11.5 Å². The van der Waals surface area contributed by atoms with Gasteiger partial charge < -0.3 is 20.1 Å². The van der Waals surface area contributed by atoms with Crippen molar-refractivity contribution < 1.29 is 19.1 Å². The molecule has 2 aromatic rings. The summed E-state index contributed by atoms with van der Waals surface area (Å²) in [5, 5.41) is 6.89. The van der Waals surface area contributed by atoms with Gasteiger partial charge in [-0.25, -0.2) is 9.97 Å². The minimum absolute atomic E-state index is 0.0350. The van der Waals surface area contributed by atoms with Crippen LogP contribution in [0.1, 0.15) is 94.1 Å². The van der Waals surface area contributed by atoms with Gasteiger partial charge >= 0.3 is 0 Å². The number of hydrogen-bond donors (Lipinski definition) is 2. The first kappa shape index (κ1) is 31.4. The number of carbonyl (C=O) groups is 2. The van der Waals surface area contributed by atoms with Crippen LogP contribution in [0.2, 0.25) is 0 Å². The minimum atomic E-state index is -0.0818. The molecule has 0 fully saturated rings. The van der Waals surface area contributed by atoms with Gasteiger partial charge in [-0.1, -0.05) is 27.7 Å². The zero-order valence-corrected chi connectivity index (χ0v) is 23.8. The molecule has 0 aromatic carbocycles. The van der Waals surface area contributed by atoms with E-state index in [0.29, 0.717) is 54.6 Å². The molecule has 0 bridgehead atoms. The Kier molecular flexibility index (Phi) is 14.6. The second kappa shape index (κ2) is 17.6. The molecule has 8 nitrogen and oxygen atoms in total. The molecule has 2 unspecified atom stereocenters. The van der Waals surface area contributed by atoms with Crippen molar-refractivity contribution in [3.05, 3.63) is 48.0 Å². The summed E-state index contributed by atoms with van der Waals surface area (Å²) in [6.07, 6.45) is 8.26. The molecule has 8 heteroatoms. The van der Waals surface area contributed by atoms with Gasteiger partial charge in [-0.15, -0.1) is 0 Å². The van der Waals surface area contributed by atoms with E-state index in [-0.39, 0.29) is 17.5 Å². The summed E-state index contributed by atoms with van der Waals surface area (Å²) >= 11 is 0. The number of nitrogens with zero attached hydrogens (tertiary/aromatic N) is 2. The number of hydrogen-bond acceptors (Lipinski definition) is 8. The molecule has 0 radical (unpaired) electrons. The highest BCUT2D eigenvalue weighted by molar-refractivity contribution is 5.95. The second-order valence-electron chi connectivity index (χ2n) is 10.1. The Labute approximate surface area is 228 Å². The van der Waals surface area contributed by atoms with Gasteiger partial charge in [-0.2, -0.15) is 0 Å². The third-order valence-corrected chi connectivity index (χ3v) is 6.29. The Hall–Kier alpha value is -2.84. The standard InChI is InChI=1S/C30H46N4O4/c1-6-29(35)27-14-12-25(20-33-27)37-18-8-7-16-32-24(5)11-10-23(4)30(36)28-15-13-26(21-34-28)38-19-9-17-31-22(2)3/h12-15,20-24,31-32H,6-11,16-19H2,1-5H3. The summed E-state index contributed by atoms with van der Waals surface area (Å²) in [5.74, 6) is 1.40. The van der Waals surface area contributed by atoms with E-state index in [9.17, 15) is 9.59 Å². The molecule has 2 rings (SSSR count). The van der Waals surface area contributed by atoms with Crippen LogP contribution in [0, 0.1) is 5.92 Å². The number of rotatable bonds is 20. The van der Waals surface area contributed by atoms with Crippen LogP contribution in [-0.4, -0.2) is 59.9 Å². The highest BCUT2D eigenvalue weighted by Gasteiger charge is 2.17. The zero-order valence-electron chi connectivity index (χ0n) is 23.8. The molecule has 0 aliphatic carbocycles. The van der Waals surface area contributed by atoms with Gasteiger partial charge in [-0.3, -0.25) is 9.59 Å². The van der Waals surface area contributed by atoms with Crippen LogP contribution in [-0.2, 0) is 0 Å². The fraction of sp³-hybridized carbons (Fsp3) is 0.600. The normalized spacial score (nSPS) is 12.8. The molecule has 0 aliphatic rings. The van der Waals surface area contributed by atoms with Gasteiger partial charge in [0.05, 0.1) is 25.6 Å². The number of carbonyl (C=O) groups excluding carboxylic acids is 2. The third-order valence-electron chi connectivity index (χ3n) is 6.29. The number of unbranched alkanes of at least 4 members (excludes halogenated alkanes) is 1. The lowest BCUT2D eigenvalue weighted by Crippen LogP contribution is -2.28. The quantitative estimate of drug-likeness (QED) is 0.178. The molecular formula is C30H46N4O4. The van der Waals surface area contributed by atoms with E-state index in [1.165, 1.54) is 0 Å². The van der Waals surface area contributed by atoms with Gasteiger partial charge in [-0.05, 0) is 76.4 Å². The average molecular weight is 527 g/mol. The lowest BCUT2D eigenvalue weighted by Gasteiger charge is -2.16. The molecular weight excluding hydrogens is 480 g/mol. The van der Waals surface area contributed by atoms with Gasteiger partial charge in [0.15, 0.2) is 11.6 Å². The molecule has 0 aliphatic heterocycles. The lowest BCUT2D eigenvalue weighted by molar-refractivity contribution is 0.0915. The second-order valence-corrected chi connectivity index (χ2v) is 10.1. The van der Waals surface area contributed by atoms with Crippen LogP contribution in [0.5, 0.6) is 11.5 Å². The minimum Gasteiger partial charge on any atom is -0.492 e. The predicted molar refractivity (Wildman–Crippen MR) is 151 cm³/mol. The molecule has 0 amide bonds. The zero-order chi connectivity index (χ0) is 27.8. The van der Waals surface area contributed by atoms with E-state index in [1.54, 1.807) is 30.6 Å². The Morgan fingerprint density at radius 3 is 1.97 bits per heavy atom. The smallest absolute Gasteiger partial charge is 0.183 e. The fourth-order valence-corrected chi connectivity index (χ4v) is 3.83. The summed E-state index contributed by atoms with van der Waals surface area (Å²) < 4.78 is 11.4. The van der Waals surface area contributed by atoms with Crippen molar-refractivity contribution in [2.45, 2.75) is 85.2 Å². The van der Waals surface area contributed by atoms with E-state index in [1.807, 2.05) is 19.9 Å². The maximum atomic E-state index is 12.8. The van der Waals surface area contributed by atoms with Gasteiger partial charge in [0, 0.05) is 24.4 Å². The molecule has 0 spiro atoms. The predicted octanol–water partition coefficient (Wildman–Crippen LogP) is 5.27. The van der Waals surface area contributed by atoms with Crippen molar-refractivity contribution >= 4 is 11.6 Å². The molecule has 2 atom stereocenters. The number of ether oxygens (including phenoxy) is 2. The maximum Gasteiger partial charge on any atom is 0.183 e. The average Bonchev–Trinajstić information content (AvgIpc) is 2.93. The Balaban J connectivity index is 1.56. The van der Waals surface area contributed by atoms with E-state index in [0.717, 1.165) is 45.2 Å². The summed E-state index contributed by atoms with van der Waals surface area (Å²) in [6.45, 7) is 13.2. The van der Waals surface area contributed by atoms with Crippen LogP contribution < -0.4 is 20.1 Å². The lowest BCUT2D eigenvalue weighted by atomic mass is 9.96. The van der Waals surface area contributed by atoms with Crippen LogP contribution in [0.4, 0.5) is 0 Å². The largest absolute Gasteiger partial charge is 0.492 e. The van der Waals surface area contributed by atoms with Crippen LogP contribution in [0.25, 0.3) is 0 Å². The molecule has 210 valence electrons. The first-order chi connectivity index (χ1) is 18.3. The third kappa shape index (κ3) is 12.1. The first-order valence-corrected chi connectivity index (χ1v) is 14.0. The van der Waals surface area contributed by atoms with Crippen molar-refractivity contribution in [1.82, 2.24) is 20.6 Å². The van der Waals surface area contributed by atoms with E-state index < -0.39 is 0 Å². The molecule has 2 aromatic heterocycles. The van der Waals surface area contributed by atoms with E-state index in [4.69, 9.17) is 9.47 Å². The Morgan fingerprint density at radius 2 is 1.39 bits per heavy atom. The molecule has 38 heavy (non-hydrogen) atoms. The van der Waals surface area contributed by atoms with Gasteiger partial charge in [0.25, 0.3) is 0 Å². The number of ketones is 2. The number of Topliss-reactive ketones (excluding diaryl/α,β-unsaturated/α-hetero) is 2. The highest BCUT2D eigenvalue weighted by Crippen LogP contribution is 2.17. The van der Waals surface area contributed by atoms with Crippen molar-refractivity contribution in [2.75, 3.05) is 26.3 Å². The number of nitrogens with one attached hydrogen (secondary N) is 2. The highest BCUT2D eigenvalue weighted by atomic mass is 16.5. The molecule has 2 heterocycles.